The predicted octanol–water partition coefficient (Wildman–Crippen LogP) is 2.76. The average Bonchev–Trinajstić information content (AvgIpc) is 2.65. The zero-order valence-corrected chi connectivity index (χ0v) is 18.0. The summed E-state index contributed by atoms with van der Waals surface area (Å²) in [5, 5.41) is 3.20. The fourth-order valence-corrected chi connectivity index (χ4v) is 4.06. The topological polar surface area (TPSA) is 84.9 Å². The van der Waals surface area contributed by atoms with Crippen LogP contribution in [0, 0.1) is 6.92 Å². The van der Waals surface area contributed by atoms with E-state index in [0.29, 0.717) is 10.7 Å². The maximum Gasteiger partial charge on any atom is 0.263 e. The molecule has 29 heavy (non-hydrogen) atoms. The molecule has 1 N–H and O–H groups in total. The molecule has 3 rings (SSSR count). The van der Waals surface area contributed by atoms with Crippen LogP contribution in [0.5, 0.6) is 11.5 Å². The minimum Gasteiger partial charge on any atom is -0.491 e. The number of ether oxygens (including phenoxy) is 2. The van der Waals surface area contributed by atoms with Crippen LogP contribution in [0.15, 0.2) is 42.5 Å². The van der Waals surface area contributed by atoms with E-state index in [2.05, 4.69) is 5.32 Å². The Kier molecular flexibility index (Phi) is 6.24. The number of hydrogen-bond donors (Lipinski definition) is 1. The Hall–Kier alpha value is -2.45. The van der Waals surface area contributed by atoms with Gasteiger partial charge in [-0.3, -0.25) is 9.10 Å². The molecule has 0 spiro atoms. The number of benzene rings is 2. The van der Waals surface area contributed by atoms with Gasteiger partial charge in [-0.15, -0.1) is 0 Å². The average molecular weight is 439 g/mol. The number of carbonyl (C=O) groups is 1. The molecule has 0 saturated carbocycles. The molecule has 9 heteroatoms. The van der Waals surface area contributed by atoms with Crippen molar-refractivity contribution in [1.82, 2.24) is 5.32 Å². The number of sulfonamides is 1. The summed E-state index contributed by atoms with van der Waals surface area (Å²) in [4.78, 5) is 12.7. The number of anilines is 1. The van der Waals surface area contributed by atoms with Gasteiger partial charge in [0.15, 0.2) is 6.10 Å². The summed E-state index contributed by atoms with van der Waals surface area (Å²) in [6.45, 7) is 3.88. The van der Waals surface area contributed by atoms with Gasteiger partial charge >= 0.3 is 0 Å². The van der Waals surface area contributed by atoms with E-state index in [1.807, 2.05) is 31.2 Å². The first-order valence-electron chi connectivity index (χ1n) is 9.08. The normalized spacial score (nSPS) is 17.1. The Bertz CT molecular complexity index is 1010. The fourth-order valence-electron chi connectivity index (χ4n) is 2.99. The molecule has 0 saturated heterocycles. The fraction of sp³-hybridized carbons (Fsp3) is 0.350. The van der Waals surface area contributed by atoms with Crippen molar-refractivity contribution in [2.75, 3.05) is 23.7 Å². The molecule has 0 fully saturated rings. The Morgan fingerprint density at radius 1 is 1.34 bits per heavy atom. The summed E-state index contributed by atoms with van der Waals surface area (Å²) >= 11 is 5.99. The zero-order chi connectivity index (χ0) is 21.2. The van der Waals surface area contributed by atoms with Gasteiger partial charge in [0.1, 0.15) is 18.1 Å². The van der Waals surface area contributed by atoms with Crippen molar-refractivity contribution < 1.29 is 22.7 Å². The number of nitrogens with one attached hydrogen (secondary N) is 1. The van der Waals surface area contributed by atoms with Gasteiger partial charge in [-0.2, -0.15) is 0 Å². The maximum atomic E-state index is 12.7. The number of carbonyl (C=O) groups excluding carboxylic acids is 1. The van der Waals surface area contributed by atoms with Gasteiger partial charge in [-0.05, 0) is 43.7 Å². The summed E-state index contributed by atoms with van der Waals surface area (Å²) in [6, 6.07) is 11.9. The van der Waals surface area contributed by atoms with E-state index in [1.165, 1.54) is 6.07 Å². The largest absolute Gasteiger partial charge is 0.491 e. The molecule has 156 valence electrons. The van der Waals surface area contributed by atoms with Crippen LogP contribution in [0.25, 0.3) is 0 Å². The lowest BCUT2D eigenvalue weighted by Crippen LogP contribution is -2.52. The molecule has 0 aromatic heterocycles. The summed E-state index contributed by atoms with van der Waals surface area (Å²) in [6.07, 6.45) is 0.0932. The van der Waals surface area contributed by atoms with E-state index >= 15 is 0 Å². The molecular formula is C20H23ClN2O5S. The Balaban J connectivity index is 1.68. The van der Waals surface area contributed by atoms with Gasteiger partial charge in [0.25, 0.3) is 5.91 Å². The lowest BCUT2D eigenvalue weighted by Gasteiger charge is -2.34. The summed E-state index contributed by atoms with van der Waals surface area (Å²) in [7, 11) is -3.61. The Morgan fingerprint density at radius 3 is 2.76 bits per heavy atom. The van der Waals surface area contributed by atoms with Crippen molar-refractivity contribution in [3.05, 3.63) is 53.1 Å². The Morgan fingerprint density at radius 2 is 2.07 bits per heavy atom. The number of nitrogens with zero attached hydrogens (tertiary/aromatic N) is 1. The molecule has 2 aromatic carbocycles. The van der Waals surface area contributed by atoms with Gasteiger partial charge in [-0.25, -0.2) is 8.42 Å². The van der Waals surface area contributed by atoms with Gasteiger partial charge in [0.05, 0.1) is 24.5 Å². The van der Waals surface area contributed by atoms with Crippen LogP contribution < -0.4 is 19.1 Å². The standard InChI is InChI=1S/C20H23ClN2O5S/c1-13-6-4-5-7-17(13)27-12-14(2)22-20(24)19-11-23(29(3,25)26)16-10-15(21)8-9-18(16)28-19/h4-10,14,19H,11-12H2,1-3H3,(H,22,24)/t14-,19+/m0/s1. The van der Waals surface area contributed by atoms with E-state index in [9.17, 15) is 13.2 Å². The highest BCUT2D eigenvalue weighted by Crippen LogP contribution is 2.37. The Labute approximate surface area is 175 Å². The third-order valence-electron chi connectivity index (χ3n) is 4.45. The first-order valence-corrected chi connectivity index (χ1v) is 11.3. The molecule has 0 bridgehead atoms. The van der Waals surface area contributed by atoms with Crippen LogP contribution >= 0.6 is 11.6 Å². The second-order valence-corrected chi connectivity index (χ2v) is 9.34. The molecule has 7 nitrogen and oxygen atoms in total. The smallest absolute Gasteiger partial charge is 0.263 e. The molecule has 0 unspecified atom stereocenters. The van der Waals surface area contributed by atoms with Crippen molar-refractivity contribution >= 4 is 33.2 Å². The molecule has 2 aromatic rings. The summed E-state index contributed by atoms with van der Waals surface area (Å²) in [5.74, 6) is 0.617. The molecule has 1 aliphatic rings. The number of hydrogen-bond acceptors (Lipinski definition) is 5. The van der Waals surface area contributed by atoms with Crippen LogP contribution in [0.4, 0.5) is 5.69 Å². The third kappa shape index (κ3) is 5.13. The van der Waals surface area contributed by atoms with Gasteiger partial charge < -0.3 is 14.8 Å². The van der Waals surface area contributed by atoms with Crippen molar-refractivity contribution in [1.29, 1.82) is 0 Å². The molecule has 1 amide bonds. The predicted molar refractivity (Wildman–Crippen MR) is 112 cm³/mol. The second kappa shape index (κ2) is 8.51. The van der Waals surface area contributed by atoms with E-state index in [0.717, 1.165) is 21.9 Å². The molecule has 1 aliphatic heterocycles. The highest BCUT2D eigenvalue weighted by Gasteiger charge is 2.35. The lowest BCUT2D eigenvalue weighted by atomic mass is 10.2. The number of fused-ring (bicyclic) bond motifs is 1. The number of halogens is 1. The number of amides is 1. The van der Waals surface area contributed by atoms with E-state index < -0.39 is 22.0 Å². The minimum atomic E-state index is -3.61. The SMILES string of the molecule is Cc1ccccc1OC[C@H](C)NC(=O)[C@H]1CN(S(C)(=O)=O)c2cc(Cl)ccc2O1. The second-order valence-electron chi connectivity index (χ2n) is 7.00. The highest BCUT2D eigenvalue weighted by atomic mass is 35.5. The van der Waals surface area contributed by atoms with Crippen molar-refractivity contribution in [3.8, 4) is 11.5 Å². The molecule has 1 heterocycles. The molecule has 0 aliphatic carbocycles. The summed E-state index contributed by atoms with van der Waals surface area (Å²) < 4.78 is 37.1. The van der Waals surface area contributed by atoms with Crippen LogP contribution in [0.2, 0.25) is 5.02 Å². The van der Waals surface area contributed by atoms with Gasteiger partial charge in [0.2, 0.25) is 10.0 Å². The number of aryl methyl sites for hydroxylation is 1. The first-order chi connectivity index (χ1) is 13.6. The first kappa shape index (κ1) is 21.3. The molecular weight excluding hydrogens is 416 g/mol. The maximum absolute atomic E-state index is 12.7. The monoisotopic (exact) mass is 438 g/mol. The minimum absolute atomic E-state index is 0.136. The van der Waals surface area contributed by atoms with Crippen LogP contribution in [0.3, 0.4) is 0 Å². The number of rotatable bonds is 6. The van der Waals surface area contributed by atoms with Gasteiger partial charge in [-0.1, -0.05) is 29.8 Å². The molecule has 0 radical (unpaired) electrons. The number of para-hydroxylation sites is 1. The lowest BCUT2D eigenvalue weighted by molar-refractivity contribution is -0.128. The van der Waals surface area contributed by atoms with E-state index in [1.54, 1.807) is 19.1 Å². The highest BCUT2D eigenvalue weighted by molar-refractivity contribution is 7.92. The quantitative estimate of drug-likeness (QED) is 0.749. The van der Waals surface area contributed by atoms with Crippen LogP contribution in [-0.2, 0) is 14.8 Å². The van der Waals surface area contributed by atoms with Gasteiger partial charge in [0, 0.05) is 5.02 Å². The summed E-state index contributed by atoms with van der Waals surface area (Å²) in [5.41, 5.74) is 1.32. The zero-order valence-electron chi connectivity index (χ0n) is 16.4. The van der Waals surface area contributed by atoms with Crippen molar-refractivity contribution in [2.45, 2.75) is 26.0 Å². The van der Waals surface area contributed by atoms with E-state index in [-0.39, 0.29) is 24.9 Å². The van der Waals surface area contributed by atoms with Crippen molar-refractivity contribution in [3.63, 3.8) is 0 Å². The van der Waals surface area contributed by atoms with Crippen molar-refractivity contribution in [2.24, 2.45) is 0 Å². The molecule has 2 atom stereocenters. The van der Waals surface area contributed by atoms with E-state index in [4.69, 9.17) is 21.1 Å². The van der Waals surface area contributed by atoms with Crippen LogP contribution in [-0.4, -0.2) is 45.9 Å². The van der Waals surface area contributed by atoms with Crippen LogP contribution in [0.1, 0.15) is 12.5 Å². The third-order valence-corrected chi connectivity index (χ3v) is 5.84.